The summed E-state index contributed by atoms with van der Waals surface area (Å²) in [5.41, 5.74) is 1.78. The molecule has 1 fully saturated rings. The summed E-state index contributed by atoms with van der Waals surface area (Å²) in [6.45, 7) is 2.21. The van der Waals surface area contributed by atoms with Crippen LogP contribution in [0.4, 0.5) is 0 Å². The monoisotopic (exact) mass is 426 g/mol. The topological polar surface area (TPSA) is 51.1 Å². The number of morpholine rings is 1. The lowest BCUT2D eigenvalue weighted by molar-refractivity contribution is -0.143. The summed E-state index contributed by atoms with van der Waals surface area (Å²) in [6.07, 6.45) is -0.0608. The summed E-state index contributed by atoms with van der Waals surface area (Å²) < 4.78 is 12.0. The van der Waals surface area contributed by atoms with Crippen LogP contribution in [0.2, 0.25) is 0 Å². The van der Waals surface area contributed by atoms with E-state index < -0.39 is 11.6 Å². The van der Waals surface area contributed by atoms with E-state index in [4.69, 9.17) is 14.5 Å². The zero-order chi connectivity index (χ0) is 21.8. The van der Waals surface area contributed by atoms with E-state index in [1.165, 1.54) is 0 Å². The number of hydrogen-bond donors (Lipinski definition) is 0. The maximum absolute atomic E-state index is 14.2. The Kier molecular flexibility index (Phi) is 5.73. The highest BCUT2D eigenvalue weighted by molar-refractivity contribution is 6.01. The maximum atomic E-state index is 14.2. The number of rotatable bonds is 5. The molecular weight excluding hydrogens is 400 g/mol. The van der Waals surface area contributed by atoms with Crippen LogP contribution in [0.25, 0.3) is 0 Å². The number of aliphatic imine (C=N–C) groups is 1. The molecule has 0 N–H and O–H groups in total. The number of ether oxygens (including phenoxy) is 2. The van der Waals surface area contributed by atoms with E-state index in [2.05, 4.69) is 0 Å². The van der Waals surface area contributed by atoms with Crippen molar-refractivity contribution in [1.29, 1.82) is 0 Å². The fourth-order valence-electron chi connectivity index (χ4n) is 4.48. The van der Waals surface area contributed by atoms with Crippen molar-refractivity contribution in [3.05, 3.63) is 108 Å². The van der Waals surface area contributed by atoms with Crippen LogP contribution >= 0.6 is 0 Å². The molecule has 0 unspecified atom stereocenters. The van der Waals surface area contributed by atoms with Crippen molar-refractivity contribution < 1.29 is 14.3 Å². The minimum absolute atomic E-state index is 0.00978. The van der Waals surface area contributed by atoms with E-state index in [0.717, 1.165) is 16.7 Å². The molecule has 5 heteroatoms. The van der Waals surface area contributed by atoms with Crippen molar-refractivity contribution in [2.45, 2.75) is 18.1 Å². The lowest BCUT2D eigenvalue weighted by Crippen LogP contribution is -2.54. The third-order valence-electron chi connectivity index (χ3n) is 6.07. The molecular formula is C27H26N2O3. The average molecular weight is 427 g/mol. The molecule has 0 bridgehead atoms. The third-order valence-corrected chi connectivity index (χ3v) is 6.07. The first-order valence-corrected chi connectivity index (χ1v) is 11.0. The van der Waals surface area contributed by atoms with Crippen LogP contribution in [0.3, 0.4) is 0 Å². The second-order valence-corrected chi connectivity index (χ2v) is 8.18. The second-order valence-electron chi connectivity index (χ2n) is 8.18. The Bertz CT molecular complexity index is 1080. The third kappa shape index (κ3) is 3.92. The molecule has 1 amide bonds. The van der Waals surface area contributed by atoms with Gasteiger partial charge in [0.15, 0.2) is 11.6 Å². The van der Waals surface area contributed by atoms with Crippen LogP contribution in [0, 0.1) is 0 Å². The van der Waals surface area contributed by atoms with Crippen LogP contribution in [-0.4, -0.2) is 48.5 Å². The summed E-state index contributed by atoms with van der Waals surface area (Å²) in [7, 11) is 0. The molecule has 0 spiro atoms. The zero-order valence-electron chi connectivity index (χ0n) is 17.9. The Morgan fingerprint density at radius 3 is 2.12 bits per heavy atom. The minimum Gasteiger partial charge on any atom is -0.466 e. The molecule has 0 radical (unpaired) electrons. The summed E-state index contributed by atoms with van der Waals surface area (Å²) in [5, 5.41) is 0. The van der Waals surface area contributed by atoms with E-state index in [-0.39, 0.29) is 5.91 Å². The Morgan fingerprint density at radius 2 is 1.47 bits per heavy atom. The van der Waals surface area contributed by atoms with Gasteiger partial charge in [-0.2, -0.15) is 0 Å². The standard InChI is InChI=1S/C27H26N2O3/c30-26(29-16-18-31-19-17-29)27(20-21-10-4-1-5-11-21)24(22-12-6-2-7-13-22)32-25(28-27)23-14-8-3-9-15-23/h1-15,24H,16-20H2/t24-,27-/m0/s1. The molecule has 5 rings (SSSR count). The second kappa shape index (κ2) is 8.97. The SMILES string of the molecule is O=C(N1CCOCC1)[C@@]1(Cc2ccccc2)N=C(c2ccccc2)O[C@H]1c1ccccc1. The highest BCUT2D eigenvalue weighted by Gasteiger charge is 2.54. The first-order valence-electron chi connectivity index (χ1n) is 11.0. The van der Waals surface area contributed by atoms with Crippen molar-refractivity contribution >= 4 is 11.8 Å². The van der Waals surface area contributed by atoms with Gasteiger partial charge < -0.3 is 14.4 Å². The quantitative estimate of drug-likeness (QED) is 0.619. The Morgan fingerprint density at radius 1 is 0.875 bits per heavy atom. The largest absolute Gasteiger partial charge is 0.466 e. The van der Waals surface area contributed by atoms with Crippen LogP contribution in [0.1, 0.15) is 22.8 Å². The first kappa shape index (κ1) is 20.5. The van der Waals surface area contributed by atoms with Gasteiger partial charge in [0.1, 0.15) is 0 Å². The molecule has 32 heavy (non-hydrogen) atoms. The van der Waals surface area contributed by atoms with Gasteiger partial charge in [-0.25, -0.2) is 4.99 Å². The maximum Gasteiger partial charge on any atom is 0.255 e. The Labute approximate surface area is 188 Å². The molecule has 2 heterocycles. The van der Waals surface area contributed by atoms with Gasteiger partial charge in [-0.1, -0.05) is 78.9 Å². The van der Waals surface area contributed by atoms with Crippen LogP contribution in [-0.2, 0) is 20.7 Å². The number of carbonyl (C=O) groups is 1. The fourth-order valence-corrected chi connectivity index (χ4v) is 4.48. The van der Waals surface area contributed by atoms with Gasteiger partial charge in [-0.15, -0.1) is 0 Å². The van der Waals surface area contributed by atoms with E-state index in [9.17, 15) is 4.79 Å². The van der Waals surface area contributed by atoms with E-state index >= 15 is 0 Å². The molecule has 3 aromatic rings. The molecule has 5 nitrogen and oxygen atoms in total. The lowest BCUT2D eigenvalue weighted by Gasteiger charge is -2.37. The van der Waals surface area contributed by atoms with Crippen molar-refractivity contribution in [2.24, 2.45) is 4.99 Å². The van der Waals surface area contributed by atoms with Crippen molar-refractivity contribution in [3.8, 4) is 0 Å². The molecule has 2 aliphatic heterocycles. The molecule has 2 aliphatic rings. The minimum atomic E-state index is -1.09. The molecule has 0 aliphatic carbocycles. The number of hydrogen-bond acceptors (Lipinski definition) is 4. The normalized spacial score (nSPS) is 22.8. The van der Waals surface area contributed by atoms with Gasteiger partial charge in [0.2, 0.25) is 5.90 Å². The molecule has 0 saturated carbocycles. The summed E-state index contributed by atoms with van der Waals surface area (Å²) in [4.78, 5) is 21.1. The highest BCUT2D eigenvalue weighted by atomic mass is 16.5. The Balaban J connectivity index is 1.65. The smallest absolute Gasteiger partial charge is 0.255 e. The van der Waals surface area contributed by atoms with E-state index in [0.29, 0.717) is 38.6 Å². The van der Waals surface area contributed by atoms with Gasteiger partial charge in [0.25, 0.3) is 5.91 Å². The van der Waals surface area contributed by atoms with Crippen molar-refractivity contribution in [1.82, 2.24) is 4.90 Å². The van der Waals surface area contributed by atoms with E-state index in [1.54, 1.807) is 0 Å². The van der Waals surface area contributed by atoms with E-state index in [1.807, 2.05) is 95.9 Å². The number of amides is 1. The summed E-state index contributed by atoms with van der Waals surface area (Å²) in [6, 6.07) is 29.9. The summed E-state index contributed by atoms with van der Waals surface area (Å²) in [5.74, 6) is 0.501. The van der Waals surface area contributed by atoms with Gasteiger partial charge in [0.05, 0.1) is 13.2 Å². The predicted octanol–water partition coefficient (Wildman–Crippen LogP) is 4.05. The zero-order valence-corrected chi connectivity index (χ0v) is 17.9. The lowest BCUT2D eigenvalue weighted by atomic mass is 9.81. The van der Waals surface area contributed by atoms with Crippen molar-refractivity contribution in [2.75, 3.05) is 26.3 Å². The highest BCUT2D eigenvalue weighted by Crippen LogP contribution is 2.43. The predicted molar refractivity (Wildman–Crippen MR) is 124 cm³/mol. The van der Waals surface area contributed by atoms with Gasteiger partial charge >= 0.3 is 0 Å². The molecule has 162 valence electrons. The molecule has 3 aromatic carbocycles. The van der Waals surface area contributed by atoms with Crippen molar-refractivity contribution in [3.63, 3.8) is 0 Å². The molecule has 2 atom stereocenters. The van der Waals surface area contributed by atoms with Crippen LogP contribution in [0.15, 0.2) is 96.0 Å². The van der Waals surface area contributed by atoms with Crippen LogP contribution < -0.4 is 0 Å². The van der Waals surface area contributed by atoms with Crippen LogP contribution in [0.5, 0.6) is 0 Å². The molecule has 1 saturated heterocycles. The first-order chi connectivity index (χ1) is 15.8. The molecule has 0 aromatic heterocycles. The van der Waals surface area contributed by atoms with Gasteiger partial charge in [-0.05, 0) is 23.3 Å². The summed E-state index contributed by atoms with van der Waals surface area (Å²) >= 11 is 0. The average Bonchev–Trinajstić information content (AvgIpc) is 3.26. The van der Waals surface area contributed by atoms with Gasteiger partial charge in [0, 0.05) is 25.1 Å². The number of carbonyl (C=O) groups excluding carboxylic acids is 1. The fraction of sp³-hybridized carbons (Fsp3) is 0.259. The number of benzene rings is 3. The number of nitrogens with zero attached hydrogens (tertiary/aromatic N) is 2. The van der Waals surface area contributed by atoms with Gasteiger partial charge in [-0.3, -0.25) is 4.79 Å². The Hall–Kier alpha value is -3.44.